The highest BCUT2D eigenvalue weighted by Crippen LogP contribution is 2.38. The molecule has 0 aromatic carbocycles. The zero-order valence-electron chi connectivity index (χ0n) is 11.1. The van der Waals surface area contributed by atoms with Gasteiger partial charge in [0.1, 0.15) is 5.82 Å². The molecule has 3 heteroatoms. The van der Waals surface area contributed by atoms with Crippen molar-refractivity contribution in [1.29, 1.82) is 0 Å². The van der Waals surface area contributed by atoms with Crippen molar-refractivity contribution in [3.8, 4) is 0 Å². The van der Waals surface area contributed by atoms with Gasteiger partial charge in [-0.3, -0.25) is 0 Å². The van der Waals surface area contributed by atoms with Crippen LogP contribution in [0.15, 0.2) is 18.5 Å². The summed E-state index contributed by atoms with van der Waals surface area (Å²) in [6.45, 7) is 4.74. The molecule has 17 heavy (non-hydrogen) atoms. The standard InChI is InChI=1S/C14H23N3/c1-10-5-6-12(9-11(10)2)13(15-3)14-16-7-4-8-17-14/h4,7-8,10-13,15H,5-6,9H2,1-3H3. The van der Waals surface area contributed by atoms with Crippen molar-refractivity contribution in [2.75, 3.05) is 7.05 Å². The van der Waals surface area contributed by atoms with E-state index < -0.39 is 0 Å². The quantitative estimate of drug-likeness (QED) is 0.872. The summed E-state index contributed by atoms with van der Waals surface area (Å²) in [5.41, 5.74) is 0. The van der Waals surface area contributed by atoms with E-state index in [9.17, 15) is 0 Å². The van der Waals surface area contributed by atoms with E-state index in [0.29, 0.717) is 12.0 Å². The molecule has 1 heterocycles. The molecule has 2 rings (SSSR count). The van der Waals surface area contributed by atoms with Crippen LogP contribution in [-0.2, 0) is 0 Å². The number of nitrogens with one attached hydrogen (secondary N) is 1. The van der Waals surface area contributed by atoms with Gasteiger partial charge in [-0.1, -0.05) is 20.3 Å². The number of hydrogen-bond acceptors (Lipinski definition) is 3. The predicted molar refractivity (Wildman–Crippen MR) is 69.5 cm³/mol. The lowest BCUT2D eigenvalue weighted by Gasteiger charge is -2.35. The average molecular weight is 233 g/mol. The van der Waals surface area contributed by atoms with E-state index in [4.69, 9.17) is 0 Å². The van der Waals surface area contributed by atoms with Crippen LogP contribution in [0, 0.1) is 17.8 Å². The maximum atomic E-state index is 4.40. The summed E-state index contributed by atoms with van der Waals surface area (Å²) in [6, 6.07) is 2.19. The summed E-state index contributed by atoms with van der Waals surface area (Å²) in [7, 11) is 2.02. The lowest BCUT2D eigenvalue weighted by molar-refractivity contribution is 0.171. The first kappa shape index (κ1) is 12.5. The number of rotatable bonds is 3. The van der Waals surface area contributed by atoms with Crippen molar-refractivity contribution in [2.45, 2.75) is 39.2 Å². The lowest BCUT2D eigenvalue weighted by Crippen LogP contribution is -2.32. The van der Waals surface area contributed by atoms with Crippen LogP contribution in [0.4, 0.5) is 0 Å². The number of aromatic nitrogens is 2. The van der Waals surface area contributed by atoms with Crippen LogP contribution in [0.5, 0.6) is 0 Å². The molecule has 0 aliphatic heterocycles. The van der Waals surface area contributed by atoms with Gasteiger partial charge >= 0.3 is 0 Å². The minimum absolute atomic E-state index is 0.311. The van der Waals surface area contributed by atoms with E-state index in [0.717, 1.165) is 17.7 Å². The maximum Gasteiger partial charge on any atom is 0.145 e. The highest BCUT2D eigenvalue weighted by Gasteiger charge is 2.31. The number of nitrogens with zero attached hydrogens (tertiary/aromatic N) is 2. The second kappa shape index (κ2) is 5.58. The van der Waals surface area contributed by atoms with Crippen molar-refractivity contribution < 1.29 is 0 Å². The van der Waals surface area contributed by atoms with Crippen molar-refractivity contribution in [1.82, 2.24) is 15.3 Å². The van der Waals surface area contributed by atoms with Gasteiger partial charge in [0, 0.05) is 12.4 Å². The molecule has 0 spiro atoms. The van der Waals surface area contributed by atoms with Crippen LogP contribution in [0.25, 0.3) is 0 Å². The van der Waals surface area contributed by atoms with Gasteiger partial charge in [0.15, 0.2) is 0 Å². The van der Waals surface area contributed by atoms with E-state index >= 15 is 0 Å². The molecule has 4 unspecified atom stereocenters. The Labute approximate surface area is 104 Å². The molecule has 0 saturated heterocycles. The molecule has 0 radical (unpaired) electrons. The normalized spacial score (nSPS) is 31.1. The monoisotopic (exact) mass is 233 g/mol. The van der Waals surface area contributed by atoms with E-state index in [1.54, 1.807) is 0 Å². The zero-order valence-corrected chi connectivity index (χ0v) is 11.1. The summed E-state index contributed by atoms with van der Waals surface area (Å²) in [5.74, 6) is 3.30. The van der Waals surface area contributed by atoms with E-state index in [2.05, 4.69) is 29.1 Å². The van der Waals surface area contributed by atoms with Gasteiger partial charge in [-0.15, -0.1) is 0 Å². The molecule has 1 aromatic heterocycles. The predicted octanol–water partition coefficient (Wildman–Crippen LogP) is 2.81. The molecule has 4 atom stereocenters. The first-order valence-corrected chi connectivity index (χ1v) is 6.66. The average Bonchev–Trinajstić information content (AvgIpc) is 2.36. The Morgan fingerprint density at radius 1 is 1.18 bits per heavy atom. The fourth-order valence-electron chi connectivity index (χ4n) is 2.94. The first-order valence-electron chi connectivity index (χ1n) is 6.66. The van der Waals surface area contributed by atoms with Crippen molar-refractivity contribution in [2.24, 2.45) is 17.8 Å². The largest absolute Gasteiger partial charge is 0.310 e. The molecule has 0 bridgehead atoms. The van der Waals surface area contributed by atoms with Crippen LogP contribution in [0.2, 0.25) is 0 Å². The molecule has 3 nitrogen and oxygen atoms in total. The second-order valence-corrected chi connectivity index (χ2v) is 5.40. The van der Waals surface area contributed by atoms with Crippen molar-refractivity contribution in [3.63, 3.8) is 0 Å². The molecule has 1 N–H and O–H groups in total. The maximum absolute atomic E-state index is 4.40. The molecule has 0 amide bonds. The highest BCUT2D eigenvalue weighted by molar-refractivity contribution is 4.99. The van der Waals surface area contributed by atoms with Gasteiger partial charge in [0.25, 0.3) is 0 Å². The molecule has 94 valence electrons. The summed E-state index contributed by atoms with van der Waals surface area (Å²) in [6.07, 6.45) is 7.57. The Kier molecular flexibility index (Phi) is 4.11. The lowest BCUT2D eigenvalue weighted by atomic mass is 9.73. The Morgan fingerprint density at radius 2 is 1.88 bits per heavy atom. The topological polar surface area (TPSA) is 37.8 Å². The van der Waals surface area contributed by atoms with Gasteiger partial charge < -0.3 is 5.32 Å². The smallest absolute Gasteiger partial charge is 0.145 e. The van der Waals surface area contributed by atoms with E-state index in [-0.39, 0.29) is 0 Å². The van der Waals surface area contributed by atoms with E-state index in [1.165, 1.54) is 19.3 Å². The van der Waals surface area contributed by atoms with Gasteiger partial charge in [0.05, 0.1) is 6.04 Å². The molecule has 1 aromatic rings. The van der Waals surface area contributed by atoms with Gasteiger partial charge in [-0.2, -0.15) is 0 Å². The summed E-state index contributed by atoms with van der Waals surface area (Å²) in [4.78, 5) is 8.79. The third kappa shape index (κ3) is 2.83. The molecule has 1 saturated carbocycles. The zero-order chi connectivity index (χ0) is 12.3. The summed E-state index contributed by atoms with van der Waals surface area (Å²) in [5, 5.41) is 3.40. The van der Waals surface area contributed by atoms with Crippen molar-refractivity contribution in [3.05, 3.63) is 24.3 Å². The second-order valence-electron chi connectivity index (χ2n) is 5.40. The number of hydrogen-bond donors (Lipinski definition) is 1. The fraction of sp³-hybridized carbons (Fsp3) is 0.714. The van der Waals surface area contributed by atoms with Gasteiger partial charge in [-0.25, -0.2) is 9.97 Å². The third-order valence-corrected chi connectivity index (χ3v) is 4.29. The minimum Gasteiger partial charge on any atom is -0.310 e. The van der Waals surface area contributed by atoms with Gasteiger partial charge in [-0.05, 0) is 43.7 Å². The molecule has 1 fully saturated rings. The van der Waals surface area contributed by atoms with Crippen LogP contribution in [-0.4, -0.2) is 17.0 Å². The molecule has 1 aliphatic rings. The third-order valence-electron chi connectivity index (χ3n) is 4.29. The van der Waals surface area contributed by atoms with Crippen LogP contribution in [0.3, 0.4) is 0 Å². The Bertz CT molecular complexity index is 339. The molecular formula is C14H23N3. The SMILES string of the molecule is CNC(c1ncccn1)C1CCC(C)C(C)C1. The van der Waals surface area contributed by atoms with E-state index in [1.807, 2.05) is 25.5 Å². The highest BCUT2D eigenvalue weighted by atomic mass is 15.0. The first-order chi connectivity index (χ1) is 8.22. The Balaban J connectivity index is 2.09. The molecule has 1 aliphatic carbocycles. The fourth-order valence-corrected chi connectivity index (χ4v) is 2.94. The molecular weight excluding hydrogens is 210 g/mol. The van der Waals surface area contributed by atoms with Crippen LogP contribution >= 0.6 is 0 Å². The minimum atomic E-state index is 0.311. The van der Waals surface area contributed by atoms with Crippen LogP contribution in [0.1, 0.15) is 45.0 Å². The Morgan fingerprint density at radius 3 is 2.47 bits per heavy atom. The summed E-state index contributed by atoms with van der Waals surface area (Å²) >= 11 is 0. The Hall–Kier alpha value is -0.960. The summed E-state index contributed by atoms with van der Waals surface area (Å²) < 4.78 is 0. The van der Waals surface area contributed by atoms with Crippen LogP contribution < -0.4 is 5.32 Å². The van der Waals surface area contributed by atoms with Gasteiger partial charge in [0.2, 0.25) is 0 Å². The van der Waals surface area contributed by atoms with Crippen molar-refractivity contribution >= 4 is 0 Å².